The Morgan fingerprint density at radius 1 is 1.15 bits per heavy atom. The van der Waals surface area contributed by atoms with E-state index >= 15 is 0 Å². The van der Waals surface area contributed by atoms with Gasteiger partial charge in [0.15, 0.2) is 0 Å². The first kappa shape index (κ1) is 27.0. The summed E-state index contributed by atoms with van der Waals surface area (Å²) in [6.45, 7) is 2.99. The molecule has 0 saturated heterocycles. The Labute approximate surface area is 206 Å². The van der Waals surface area contributed by atoms with Crippen LogP contribution in [0.5, 0.6) is 5.75 Å². The molecular formula is C25H32Cl2N2O4. The van der Waals surface area contributed by atoms with Gasteiger partial charge in [-0.2, -0.15) is 0 Å². The lowest BCUT2D eigenvalue weighted by molar-refractivity contribution is -0.136. The molecule has 6 nitrogen and oxygen atoms in total. The van der Waals surface area contributed by atoms with Gasteiger partial charge in [0.1, 0.15) is 17.9 Å². The van der Waals surface area contributed by atoms with Crippen molar-refractivity contribution in [1.82, 2.24) is 10.2 Å². The van der Waals surface area contributed by atoms with Crippen molar-refractivity contribution in [3.63, 3.8) is 0 Å². The predicted octanol–water partition coefficient (Wildman–Crippen LogP) is 5.35. The minimum absolute atomic E-state index is 0. The third kappa shape index (κ3) is 6.85. The molecule has 2 aromatic carbocycles. The third-order valence-corrected chi connectivity index (χ3v) is 6.57. The van der Waals surface area contributed by atoms with E-state index in [9.17, 15) is 9.59 Å². The Bertz CT molecular complexity index is 930. The topological polar surface area (TPSA) is 78.9 Å². The molecular weight excluding hydrogens is 463 g/mol. The molecule has 1 amide bonds. The molecule has 180 valence electrons. The molecule has 1 atom stereocenters. The van der Waals surface area contributed by atoms with E-state index in [0.29, 0.717) is 23.9 Å². The minimum atomic E-state index is -0.962. The number of rotatable bonds is 9. The second-order valence-corrected chi connectivity index (χ2v) is 8.88. The number of benzene rings is 2. The van der Waals surface area contributed by atoms with Gasteiger partial charge in [-0.05, 0) is 62.7 Å². The number of ether oxygens (including phenoxy) is 1. The number of carboxylic acids is 1. The molecule has 0 aromatic heterocycles. The number of carboxylic acid groups (broad SMARTS) is 1. The number of halogens is 2. The fourth-order valence-corrected chi connectivity index (χ4v) is 4.50. The lowest BCUT2D eigenvalue weighted by atomic mass is 9.79. The van der Waals surface area contributed by atoms with Crippen molar-refractivity contribution in [3.05, 3.63) is 64.7 Å². The van der Waals surface area contributed by atoms with E-state index in [1.807, 2.05) is 26.1 Å². The Morgan fingerprint density at radius 2 is 1.82 bits per heavy atom. The summed E-state index contributed by atoms with van der Waals surface area (Å²) in [4.78, 5) is 26.7. The number of hydrogen-bond donors (Lipinski definition) is 2. The Hall–Kier alpha value is -2.28. The van der Waals surface area contributed by atoms with Crippen LogP contribution in [0.25, 0.3) is 0 Å². The first-order valence-corrected chi connectivity index (χ1v) is 11.4. The number of aromatic carboxylic acids is 1. The molecule has 1 aliphatic carbocycles. The highest BCUT2D eigenvalue weighted by Gasteiger charge is 2.43. The van der Waals surface area contributed by atoms with Crippen LogP contribution in [0, 0.1) is 0 Å². The second-order valence-electron chi connectivity index (χ2n) is 8.44. The van der Waals surface area contributed by atoms with Gasteiger partial charge in [0.25, 0.3) is 0 Å². The number of carbonyl (C=O) groups excluding carboxylic acids is 1. The lowest BCUT2D eigenvalue weighted by Gasteiger charge is -2.43. The molecule has 2 N–H and O–H groups in total. The predicted molar refractivity (Wildman–Crippen MR) is 133 cm³/mol. The van der Waals surface area contributed by atoms with Crippen molar-refractivity contribution in [3.8, 4) is 5.75 Å². The van der Waals surface area contributed by atoms with Crippen molar-refractivity contribution < 1.29 is 19.4 Å². The van der Waals surface area contributed by atoms with Gasteiger partial charge in [0, 0.05) is 11.6 Å². The molecule has 0 radical (unpaired) electrons. The van der Waals surface area contributed by atoms with Crippen LogP contribution in [0.4, 0.5) is 0 Å². The summed E-state index contributed by atoms with van der Waals surface area (Å²) in [6, 6.07) is 13.7. The van der Waals surface area contributed by atoms with E-state index in [1.165, 1.54) is 0 Å². The first-order chi connectivity index (χ1) is 15.3. The monoisotopic (exact) mass is 494 g/mol. The number of carbonyl (C=O) groups is 2. The van der Waals surface area contributed by atoms with Crippen LogP contribution in [0.3, 0.4) is 0 Å². The van der Waals surface area contributed by atoms with Crippen LogP contribution < -0.4 is 10.1 Å². The summed E-state index contributed by atoms with van der Waals surface area (Å²) in [5.74, 6) is -0.236. The van der Waals surface area contributed by atoms with Crippen molar-refractivity contribution >= 4 is 35.9 Å². The zero-order valence-corrected chi connectivity index (χ0v) is 20.6. The fourth-order valence-electron chi connectivity index (χ4n) is 4.32. The van der Waals surface area contributed by atoms with E-state index in [-0.39, 0.29) is 29.9 Å². The van der Waals surface area contributed by atoms with Crippen molar-refractivity contribution in [2.45, 2.75) is 50.6 Å². The van der Waals surface area contributed by atoms with Gasteiger partial charge in [0.2, 0.25) is 5.91 Å². The van der Waals surface area contributed by atoms with E-state index in [1.54, 1.807) is 36.4 Å². The molecule has 1 saturated carbocycles. The summed E-state index contributed by atoms with van der Waals surface area (Å²) in [7, 11) is 1.98. The number of amides is 1. The van der Waals surface area contributed by atoms with E-state index in [4.69, 9.17) is 21.4 Å². The Kier molecular flexibility index (Phi) is 10.0. The SMILES string of the molecule is C[C@H](NC(=O)C1(N(C)CCOc2cccc(Cl)c2)CCCCC1)c1ccc(C(=O)O)cc1.Cl. The molecule has 8 heteroatoms. The van der Waals surface area contributed by atoms with Gasteiger partial charge in [-0.25, -0.2) is 4.79 Å². The largest absolute Gasteiger partial charge is 0.492 e. The fraction of sp³-hybridized carbons (Fsp3) is 0.440. The van der Waals surface area contributed by atoms with E-state index in [0.717, 1.165) is 37.7 Å². The molecule has 0 heterocycles. The molecule has 0 spiro atoms. The molecule has 0 unspecified atom stereocenters. The number of nitrogens with zero attached hydrogens (tertiary/aromatic N) is 1. The molecule has 1 aliphatic rings. The average molecular weight is 495 g/mol. The van der Waals surface area contributed by atoms with Crippen LogP contribution in [0.1, 0.15) is 61.0 Å². The Balaban J connectivity index is 0.00000385. The van der Waals surface area contributed by atoms with Crippen LogP contribution in [0.15, 0.2) is 48.5 Å². The standard InChI is InChI=1S/C25H31ClN2O4.ClH/c1-18(19-9-11-20(12-10-19)23(29)30)27-24(31)25(13-4-3-5-14-25)28(2)15-16-32-22-8-6-7-21(26)17-22;/h6-12,17-18H,3-5,13-16H2,1-2H3,(H,27,31)(H,29,30);1H/t18-;/m0./s1. The maximum atomic E-state index is 13.5. The van der Waals surface area contributed by atoms with Crippen molar-refractivity contribution in [2.75, 3.05) is 20.2 Å². The van der Waals surface area contributed by atoms with Gasteiger partial charge in [-0.1, -0.05) is 49.1 Å². The summed E-state index contributed by atoms with van der Waals surface area (Å²) >= 11 is 6.02. The second kappa shape index (κ2) is 12.3. The molecule has 1 fully saturated rings. The summed E-state index contributed by atoms with van der Waals surface area (Å²) in [5, 5.41) is 12.9. The van der Waals surface area contributed by atoms with Crippen molar-refractivity contribution in [1.29, 1.82) is 0 Å². The number of hydrogen-bond acceptors (Lipinski definition) is 4. The van der Waals surface area contributed by atoms with E-state index in [2.05, 4.69) is 10.2 Å². The molecule has 2 aromatic rings. The van der Waals surface area contributed by atoms with E-state index < -0.39 is 11.5 Å². The third-order valence-electron chi connectivity index (χ3n) is 6.33. The normalized spacial score (nSPS) is 15.9. The van der Waals surface area contributed by atoms with Crippen molar-refractivity contribution in [2.24, 2.45) is 0 Å². The zero-order valence-electron chi connectivity index (χ0n) is 19.1. The maximum Gasteiger partial charge on any atom is 0.335 e. The summed E-state index contributed by atoms with van der Waals surface area (Å²) in [6.07, 6.45) is 4.76. The highest BCUT2D eigenvalue weighted by atomic mass is 35.5. The molecule has 3 rings (SSSR count). The number of nitrogens with one attached hydrogen (secondary N) is 1. The number of likely N-dealkylation sites (N-methyl/N-ethyl adjacent to an activating group) is 1. The highest BCUT2D eigenvalue weighted by molar-refractivity contribution is 6.30. The van der Waals surface area contributed by atoms with Crippen LogP contribution in [0.2, 0.25) is 5.02 Å². The van der Waals surface area contributed by atoms with Crippen LogP contribution in [-0.4, -0.2) is 47.6 Å². The van der Waals surface area contributed by atoms with Gasteiger partial charge >= 0.3 is 5.97 Å². The van der Waals surface area contributed by atoms with Gasteiger partial charge in [-0.15, -0.1) is 12.4 Å². The van der Waals surface area contributed by atoms with Crippen LogP contribution >= 0.6 is 24.0 Å². The van der Waals surface area contributed by atoms with Gasteiger partial charge in [0.05, 0.1) is 11.6 Å². The highest BCUT2D eigenvalue weighted by Crippen LogP contribution is 2.34. The molecule has 0 bridgehead atoms. The Morgan fingerprint density at radius 3 is 2.42 bits per heavy atom. The first-order valence-electron chi connectivity index (χ1n) is 11.1. The lowest BCUT2D eigenvalue weighted by Crippen LogP contribution is -2.59. The smallest absolute Gasteiger partial charge is 0.335 e. The summed E-state index contributed by atoms with van der Waals surface area (Å²) in [5.41, 5.74) is 0.530. The molecule has 33 heavy (non-hydrogen) atoms. The quantitative estimate of drug-likeness (QED) is 0.490. The average Bonchev–Trinajstić information content (AvgIpc) is 2.79. The summed E-state index contributed by atoms with van der Waals surface area (Å²) < 4.78 is 5.85. The zero-order chi connectivity index (χ0) is 23.1. The maximum absolute atomic E-state index is 13.5. The van der Waals surface area contributed by atoms with Gasteiger partial charge in [-0.3, -0.25) is 9.69 Å². The molecule has 0 aliphatic heterocycles. The van der Waals surface area contributed by atoms with Gasteiger partial charge < -0.3 is 15.2 Å². The minimum Gasteiger partial charge on any atom is -0.492 e. The van der Waals surface area contributed by atoms with Crippen LogP contribution in [-0.2, 0) is 4.79 Å².